The number of carbonyl (C=O) groups is 2. The maximum atomic E-state index is 10.7. The third kappa shape index (κ3) is 8.21. The van der Waals surface area contributed by atoms with Crippen LogP contribution in [-0.4, -0.2) is 35.9 Å². The van der Waals surface area contributed by atoms with Gasteiger partial charge in [-0.15, -0.1) is 0 Å². The lowest BCUT2D eigenvalue weighted by atomic mass is 9.99. The van der Waals surface area contributed by atoms with Crippen molar-refractivity contribution in [3.63, 3.8) is 0 Å². The highest BCUT2D eigenvalue weighted by atomic mass is 16.5. The van der Waals surface area contributed by atoms with E-state index in [2.05, 4.69) is 20.1 Å². The van der Waals surface area contributed by atoms with Gasteiger partial charge in [0.25, 0.3) is 0 Å². The standard InChI is InChI=1S/C12H17O5/c1-4-10(13)16-8-6-12(3,15)7-9-17-11(14)5-2/h4-5,15H,1-3,6-9H2. The van der Waals surface area contributed by atoms with Crippen LogP contribution in [0.2, 0.25) is 0 Å². The molecule has 0 aromatic rings. The SMILES string of the molecule is [CH2]C(O)(CCOC(=O)C=C)CCOC(=O)C=C. The van der Waals surface area contributed by atoms with Crippen molar-refractivity contribution >= 4 is 11.9 Å². The Labute approximate surface area is 101 Å². The van der Waals surface area contributed by atoms with E-state index >= 15 is 0 Å². The van der Waals surface area contributed by atoms with Crippen molar-refractivity contribution in [1.29, 1.82) is 0 Å². The van der Waals surface area contributed by atoms with Crippen molar-refractivity contribution in [2.24, 2.45) is 0 Å². The summed E-state index contributed by atoms with van der Waals surface area (Å²) in [5.41, 5.74) is -1.30. The van der Waals surface area contributed by atoms with Gasteiger partial charge in [-0.1, -0.05) is 13.2 Å². The van der Waals surface area contributed by atoms with Gasteiger partial charge in [0.15, 0.2) is 0 Å². The molecular formula is C12H17O5. The molecule has 17 heavy (non-hydrogen) atoms. The third-order valence-corrected chi connectivity index (χ3v) is 1.96. The average Bonchev–Trinajstić information content (AvgIpc) is 2.27. The van der Waals surface area contributed by atoms with E-state index < -0.39 is 17.5 Å². The van der Waals surface area contributed by atoms with Crippen molar-refractivity contribution < 1.29 is 24.2 Å². The van der Waals surface area contributed by atoms with E-state index in [1.807, 2.05) is 0 Å². The van der Waals surface area contributed by atoms with Gasteiger partial charge in [0.1, 0.15) is 0 Å². The highest BCUT2D eigenvalue weighted by molar-refractivity contribution is 5.81. The Morgan fingerprint density at radius 3 is 1.71 bits per heavy atom. The Bertz CT molecular complexity index is 265. The van der Waals surface area contributed by atoms with Crippen LogP contribution in [0, 0.1) is 6.92 Å². The molecule has 0 heterocycles. The van der Waals surface area contributed by atoms with Gasteiger partial charge in [-0.05, 0) is 6.92 Å². The Hall–Kier alpha value is -1.62. The van der Waals surface area contributed by atoms with Crippen LogP contribution in [0.25, 0.3) is 0 Å². The van der Waals surface area contributed by atoms with Crippen LogP contribution in [0.5, 0.6) is 0 Å². The van der Waals surface area contributed by atoms with Crippen LogP contribution in [-0.2, 0) is 19.1 Å². The van der Waals surface area contributed by atoms with Crippen molar-refractivity contribution in [3.05, 3.63) is 32.2 Å². The van der Waals surface area contributed by atoms with Gasteiger partial charge in [-0.2, -0.15) is 0 Å². The molecule has 0 atom stereocenters. The molecule has 0 amide bonds. The predicted molar refractivity (Wildman–Crippen MR) is 61.9 cm³/mol. The molecule has 1 radical (unpaired) electrons. The van der Waals surface area contributed by atoms with Crippen LogP contribution in [0.4, 0.5) is 0 Å². The minimum atomic E-state index is -1.30. The van der Waals surface area contributed by atoms with Crippen LogP contribution in [0.3, 0.4) is 0 Å². The minimum absolute atomic E-state index is 0.0280. The minimum Gasteiger partial charge on any atom is -0.462 e. The number of esters is 2. The molecule has 0 aromatic heterocycles. The van der Waals surface area contributed by atoms with E-state index in [9.17, 15) is 14.7 Å². The van der Waals surface area contributed by atoms with E-state index in [1.54, 1.807) is 0 Å². The second-order valence-corrected chi connectivity index (χ2v) is 3.47. The summed E-state index contributed by atoms with van der Waals surface area (Å²) < 4.78 is 9.39. The monoisotopic (exact) mass is 241 g/mol. The Morgan fingerprint density at radius 2 is 1.41 bits per heavy atom. The lowest BCUT2D eigenvalue weighted by molar-refractivity contribution is -0.139. The molecule has 0 aliphatic carbocycles. The van der Waals surface area contributed by atoms with Gasteiger partial charge in [0.2, 0.25) is 0 Å². The van der Waals surface area contributed by atoms with Gasteiger partial charge in [-0.25, -0.2) is 9.59 Å². The quantitative estimate of drug-likeness (QED) is 0.502. The smallest absolute Gasteiger partial charge is 0.330 e. The van der Waals surface area contributed by atoms with E-state index in [0.717, 1.165) is 12.2 Å². The van der Waals surface area contributed by atoms with Crippen molar-refractivity contribution in [2.45, 2.75) is 18.4 Å². The molecule has 0 aromatic carbocycles. The Kier molecular flexibility index (Phi) is 6.89. The fourth-order valence-electron chi connectivity index (χ4n) is 0.926. The fourth-order valence-corrected chi connectivity index (χ4v) is 0.926. The summed E-state index contributed by atoms with van der Waals surface area (Å²) >= 11 is 0. The largest absolute Gasteiger partial charge is 0.462 e. The molecule has 0 fully saturated rings. The topological polar surface area (TPSA) is 72.8 Å². The van der Waals surface area contributed by atoms with Crippen molar-refractivity contribution in [1.82, 2.24) is 0 Å². The second kappa shape index (κ2) is 7.62. The van der Waals surface area contributed by atoms with Gasteiger partial charge < -0.3 is 14.6 Å². The summed E-state index contributed by atoms with van der Waals surface area (Å²) in [6, 6.07) is 0. The maximum Gasteiger partial charge on any atom is 0.330 e. The number of rotatable bonds is 8. The molecule has 0 aliphatic heterocycles. The van der Waals surface area contributed by atoms with Crippen molar-refractivity contribution in [3.8, 4) is 0 Å². The van der Waals surface area contributed by atoms with E-state index in [1.165, 1.54) is 0 Å². The van der Waals surface area contributed by atoms with Crippen LogP contribution < -0.4 is 0 Å². The van der Waals surface area contributed by atoms with E-state index in [0.29, 0.717) is 0 Å². The zero-order chi connectivity index (χ0) is 13.3. The molecule has 0 saturated carbocycles. The molecular weight excluding hydrogens is 224 g/mol. The van der Waals surface area contributed by atoms with Crippen molar-refractivity contribution in [2.75, 3.05) is 13.2 Å². The number of hydrogen-bond donors (Lipinski definition) is 1. The summed E-state index contributed by atoms with van der Waals surface area (Å²) in [5, 5.41) is 9.74. The van der Waals surface area contributed by atoms with Gasteiger partial charge in [0, 0.05) is 25.0 Å². The molecule has 5 heteroatoms. The first-order chi connectivity index (χ1) is 7.91. The second-order valence-electron chi connectivity index (χ2n) is 3.47. The average molecular weight is 241 g/mol. The molecule has 0 aliphatic rings. The number of ether oxygens (including phenoxy) is 2. The summed E-state index contributed by atoms with van der Waals surface area (Å²) in [7, 11) is 0. The summed E-state index contributed by atoms with van der Waals surface area (Å²) in [6.07, 6.45) is 2.37. The summed E-state index contributed by atoms with van der Waals surface area (Å²) in [5.74, 6) is -1.11. The zero-order valence-corrected chi connectivity index (χ0v) is 9.68. The zero-order valence-electron chi connectivity index (χ0n) is 9.68. The molecule has 0 bridgehead atoms. The van der Waals surface area contributed by atoms with E-state index in [-0.39, 0.29) is 26.1 Å². The van der Waals surface area contributed by atoms with Gasteiger partial charge in [-0.3, -0.25) is 0 Å². The Morgan fingerprint density at radius 1 is 1.06 bits per heavy atom. The van der Waals surface area contributed by atoms with Gasteiger partial charge in [0.05, 0.1) is 18.8 Å². The number of aliphatic hydroxyl groups is 1. The predicted octanol–water partition coefficient (Wildman–Crippen LogP) is 0.790. The molecule has 0 saturated heterocycles. The normalized spacial score (nSPS) is 10.5. The number of hydrogen-bond acceptors (Lipinski definition) is 5. The summed E-state index contributed by atoms with van der Waals surface area (Å²) in [6.45, 7) is 10.1. The highest BCUT2D eigenvalue weighted by Crippen LogP contribution is 2.14. The lowest BCUT2D eigenvalue weighted by Crippen LogP contribution is -2.29. The van der Waals surface area contributed by atoms with Gasteiger partial charge >= 0.3 is 11.9 Å². The number of carbonyl (C=O) groups excluding carboxylic acids is 2. The van der Waals surface area contributed by atoms with Crippen LogP contribution >= 0.6 is 0 Å². The molecule has 5 nitrogen and oxygen atoms in total. The Balaban J connectivity index is 3.79. The first-order valence-corrected chi connectivity index (χ1v) is 5.07. The lowest BCUT2D eigenvalue weighted by Gasteiger charge is -2.22. The van der Waals surface area contributed by atoms with E-state index in [4.69, 9.17) is 9.47 Å². The van der Waals surface area contributed by atoms with Crippen LogP contribution in [0.15, 0.2) is 25.3 Å². The highest BCUT2D eigenvalue weighted by Gasteiger charge is 2.21. The van der Waals surface area contributed by atoms with Crippen LogP contribution in [0.1, 0.15) is 12.8 Å². The first-order valence-electron chi connectivity index (χ1n) is 5.07. The molecule has 95 valence electrons. The summed E-state index contributed by atoms with van der Waals surface area (Å²) in [4.78, 5) is 21.4. The third-order valence-electron chi connectivity index (χ3n) is 1.96. The first kappa shape index (κ1) is 15.4. The molecule has 0 rings (SSSR count). The molecule has 0 unspecified atom stereocenters. The maximum absolute atomic E-state index is 10.7. The fraction of sp³-hybridized carbons (Fsp3) is 0.417. The molecule has 0 spiro atoms. The molecule has 1 N–H and O–H groups in total.